The topological polar surface area (TPSA) is 21.6 Å². The van der Waals surface area contributed by atoms with E-state index in [4.69, 9.17) is 4.65 Å². The van der Waals surface area contributed by atoms with Gasteiger partial charge in [0.25, 0.3) is 0 Å². The molecule has 0 heterocycles. The van der Waals surface area contributed by atoms with Crippen LogP contribution < -0.4 is 0 Å². The monoisotopic (exact) mass is 369 g/mol. The van der Waals surface area contributed by atoms with E-state index in [1.807, 2.05) is 74.5 Å². The molecule has 0 aromatic heterocycles. The average Bonchev–Trinajstić information content (AvgIpc) is 2.65. The Balaban J connectivity index is 2.25. The molecule has 142 valence electrons. The van der Waals surface area contributed by atoms with Crippen molar-refractivity contribution in [3.63, 3.8) is 0 Å². The van der Waals surface area contributed by atoms with Crippen LogP contribution in [0.15, 0.2) is 65.7 Å². The SMILES string of the molecule is CN=C(c1ccccc1)[C@@H]1C(C)(C)C(C)(C)[C@@]1(OB(F)F)c1ccccc1. The molecule has 1 fully saturated rings. The van der Waals surface area contributed by atoms with Crippen molar-refractivity contribution in [2.24, 2.45) is 21.7 Å². The van der Waals surface area contributed by atoms with Crippen molar-refractivity contribution in [1.29, 1.82) is 0 Å². The van der Waals surface area contributed by atoms with Gasteiger partial charge in [0.1, 0.15) is 0 Å². The van der Waals surface area contributed by atoms with Crippen molar-refractivity contribution in [3.8, 4) is 0 Å². The Labute approximate surface area is 160 Å². The molecule has 2 nitrogen and oxygen atoms in total. The lowest BCUT2D eigenvalue weighted by atomic mass is 9.35. The number of halogens is 2. The zero-order valence-corrected chi connectivity index (χ0v) is 16.5. The molecule has 27 heavy (non-hydrogen) atoms. The van der Waals surface area contributed by atoms with Crippen LogP contribution in [0.1, 0.15) is 38.8 Å². The maximum atomic E-state index is 13.7. The molecule has 2 aromatic rings. The third kappa shape index (κ3) is 2.75. The molecular formula is C22H26BF2NO. The van der Waals surface area contributed by atoms with Gasteiger partial charge in [-0.15, -0.1) is 0 Å². The maximum Gasteiger partial charge on any atom is 0.721 e. The summed E-state index contributed by atoms with van der Waals surface area (Å²) < 4.78 is 32.9. The Morgan fingerprint density at radius 3 is 1.93 bits per heavy atom. The number of benzene rings is 2. The largest absolute Gasteiger partial charge is 0.721 e. The summed E-state index contributed by atoms with van der Waals surface area (Å²) in [6, 6.07) is 19.2. The van der Waals surface area contributed by atoms with E-state index >= 15 is 0 Å². The molecule has 0 unspecified atom stereocenters. The first-order chi connectivity index (χ1) is 12.7. The van der Waals surface area contributed by atoms with Crippen molar-refractivity contribution in [1.82, 2.24) is 0 Å². The van der Waals surface area contributed by atoms with E-state index in [1.54, 1.807) is 7.05 Å². The highest BCUT2D eigenvalue weighted by molar-refractivity contribution is 6.34. The molecule has 2 atom stereocenters. The summed E-state index contributed by atoms with van der Waals surface area (Å²) in [6.07, 6.45) is 0. The molecule has 0 amide bonds. The minimum Gasteiger partial charge on any atom is -0.368 e. The molecule has 0 radical (unpaired) electrons. The number of aliphatic imine (C=N–C) groups is 1. The minimum absolute atomic E-state index is 0.303. The molecule has 1 aliphatic carbocycles. The van der Waals surface area contributed by atoms with E-state index in [0.717, 1.165) is 16.8 Å². The van der Waals surface area contributed by atoms with E-state index in [0.29, 0.717) is 0 Å². The Kier molecular flexibility index (Phi) is 5.02. The fourth-order valence-electron chi connectivity index (χ4n) is 4.84. The van der Waals surface area contributed by atoms with Crippen molar-refractivity contribution in [2.45, 2.75) is 33.3 Å². The highest BCUT2D eigenvalue weighted by Crippen LogP contribution is 2.73. The van der Waals surface area contributed by atoms with E-state index in [2.05, 4.69) is 18.8 Å². The Bertz CT molecular complexity index is 821. The van der Waals surface area contributed by atoms with Crippen LogP contribution in [-0.4, -0.2) is 20.2 Å². The first kappa shape index (κ1) is 19.7. The second kappa shape index (κ2) is 6.86. The van der Waals surface area contributed by atoms with Gasteiger partial charge in [0.05, 0.1) is 5.60 Å². The molecule has 0 bridgehead atoms. The lowest BCUT2D eigenvalue weighted by Gasteiger charge is -2.72. The summed E-state index contributed by atoms with van der Waals surface area (Å²) >= 11 is 0. The van der Waals surface area contributed by atoms with Crippen LogP contribution in [0.3, 0.4) is 0 Å². The minimum atomic E-state index is -2.88. The van der Waals surface area contributed by atoms with Crippen LogP contribution in [0.25, 0.3) is 0 Å². The van der Waals surface area contributed by atoms with Crippen LogP contribution in [0.2, 0.25) is 0 Å². The fraction of sp³-hybridized carbons (Fsp3) is 0.409. The third-order valence-corrected chi connectivity index (χ3v) is 6.73. The van der Waals surface area contributed by atoms with E-state index in [9.17, 15) is 8.63 Å². The predicted octanol–water partition coefficient (Wildman–Crippen LogP) is 5.62. The smallest absolute Gasteiger partial charge is 0.368 e. The zero-order valence-electron chi connectivity index (χ0n) is 16.5. The molecule has 0 saturated heterocycles. The summed E-state index contributed by atoms with van der Waals surface area (Å²) in [5.41, 5.74) is 0.486. The maximum absolute atomic E-state index is 13.7. The van der Waals surface area contributed by atoms with Crippen LogP contribution in [-0.2, 0) is 10.3 Å². The summed E-state index contributed by atoms with van der Waals surface area (Å²) in [5, 5.41) is 0. The standard InChI is InChI=1S/C22H26BF2NO/c1-20(2)19(18(26-5)16-12-8-6-9-13-16)22(21(20,3)4,27-23(24)25)17-14-10-7-11-15-17/h6-15,19H,1-5H3/t19-,22-/m1/s1. The van der Waals surface area contributed by atoms with Crippen LogP contribution in [0.5, 0.6) is 0 Å². The van der Waals surface area contributed by atoms with Gasteiger partial charge in [-0.25, -0.2) is 0 Å². The number of nitrogens with zero attached hydrogens (tertiary/aromatic N) is 1. The second-order valence-corrected chi connectivity index (χ2v) is 8.23. The predicted molar refractivity (Wildman–Crippen MR) is 107 cm³/mol. The van der Waals surface area contributed by atoms with Gasteiger partial charge in [-0.05, 0) is 16.5 Å². The van der Waals surface area contributed by atoms with E-state index in [-0.39, 0.29) is 11.3 Å². The van der Waals surface area contributed by atoms with Gasteiger partial charge in [-0.2, -0.15) is 0 Å². The Morgan fingerprint density at radius 1 is 0.926 bits per heavy atom. The van der Waals surface area contributed by atoms with E-state index in [1.165, 1.54) is 0 Å². The zero-order chi connectivity index (χ0) is 19.9. The normalized spacial score (nSPS) is 26.3. The molecule has 3 rings (SSSR count). The van der Waals surface area contributed by atoms with Gasteiger partial charge in [0.15, 0.2) is 0 Å². The molecule has 0 N–H and O–H groups in total. The van der Waals surface area contributed by atoms with Gasteiger partial charge in [0.2, 0.25) is 0 Å². The van der Waals surface area contributed by atoms with Crippen molar-refractivity contribution in [3.05, 3.63) is 71.8 Å². The lowest BCUT2D eigenvalue weighted by molar-refractivity contribution is -0.268. The quantitative estimate of drug-likeness (QED) is 0.495. The molecule has 1 aliphatic rings. The highest BCUT2D eigenvalue weighted by Gasteiger charge is 2.75. The van der Waals surface area contributed by atoms with Gasteiger partial charge in [0, 0.05) is 24.1 Å². The number of hydrogen-bond acceptors (Lipinski definition) is 2. The van der Waals surface area contributed by atoms with Gasteiger partial charge in [-0.3, -0.25) is 13.6 Å². The first-order valence-electron chi connectivity index (χ1n) is 9.23. The average molecular weight is 369 g/mol. The summed E-state index contributed by atoms with van der Waals surface area (Å²) in [4.78, 5) is 4.56. The highest BCUT2D eigenvalue weighted by atomic mass is 19.2. The van der Waals surface area contributed by atoms with Gasteiger partial charge < -0.3 is 4.65 Å². The van der Waals surface area contributed by atoms with E-state index < -0.39 is 18.5 Å². The summed E-state index contributed by atoms with van der Waals surface area (Å²) in [7, 11) is -1.15. The molecule has 5 heteroatoms. The van der Waals surface area contributed by atoms with Crippen molar-refractivity contribution in [2.75, 3.05) is 7.05 Å². The second-order valence-electron chi connectivity index (χ2n) is 8.23. The van der Waals surface area contributed by atoms with Crippen LogP contribution >= 0.6 is 0 Å². The van der Waals surface area contributed by atoms with Crippen molar-refractivity contribution < 1.29 is 13.3 Å². The third-order valence-electron chi connectivity index (χ3n) is 6.73. The summed E-state index contributed by atoms with van der Waals surface area (Å²) in [6.45, 7) is 8.25. The molecular weight excluding hydrogens is 343 g/mol. The fourth-order valence-corrected chi connectivity index (χ4v) is 4.84. The first-order valence-corrected chi connectivity index (χ1v) is 9.23. The molecule has 1 saturated carbocycles. The van der Waals surface area contributed by atoms with Gasteiger partial charge >= 0.3 is 7.47 Å². The lowest BCUT2D eigenvalue weighted by Crippen LogP contribution is -2.74. The van der Waals surface area contributed by atoms with Crippen molar-refractivity contribution >= 4 is 13.2 Å². The molecule has 0 spiro atoms. The molecule has 0 aliphatic heterocycles. The molecule has 2 aromatic carbocycles. The number of rotatable bonds is 5. The Hall–Kier alpha value is -2.01. The van der Waals surface area contributed by atoms with Crippen LogP contribution in [0, 0.1) is 16.7 Å². The van der Waals surface area contributed by atoms with Crippen LogP contribution in [0.4, 0.5) is 8.63 Å². The Morgan fingerprint density at radius 2 is 1.44 bits per heavy atom. The van der Waals surface area contributed by atoms with Gasteiger partial charge in [-0.1, -0.05) is 88.4 Å². The summed E-state index contributed by atoms with van der Waals surface area (Å²) in [5.74, 6) is -0.316. The number of hydrogen-bond donors (Lipinski definition) is 0.